The maximum absolute atomic E-state index is 13.0. The Morgan fingerprint density at radius 2 is 1.44 bits per heavy atom. The number of aromatic nitrogens is 4. The number of imidazole rings is 1. The Morgan fingerprint density at radius 1 is 0.844 bits per heavy atom. The van der Waals surface area contributed by atoms with E-state index in [2.05, 4.69) is 28.2 Å². The van der Waals surface area contributed by atoms with Gasteiger partial charge in [0, 0.05) is 0 Å². The molecule has 1 atom stereocenters. The number of rotatable bonds is 7. The zero-order chi connectivity index (χ0) is 22.9. The molecule has 4 rings (SSSR count). The van der Waals surface area contributed by atoms with Gasteiger partial charge in [-0.25, -0.2) is 26.8 Å². The summed E-state index contributed by atoms with van der Waals surface area (Å²) in [7, 11) is -8.35. The summed E-state index contributed by atoms with van der Waals surface area (Å²) in [4.78, 5) is 14.8. The number of sulfonamides is 2. The maximum atomic E-state index is 13.0. The summed E-state index contributed by atoms with van der Waals surface area (Å²) in [5, 5.41) is 0.0545. The van der Waals surface area contributed by atoms with Crippen LogP contribution in [0.2, 0.25) is 0 Å². The molecule has 2 aromatic heterocycles. The molecule has 166 valence electrons. The first kappa shape index (κ1) is 22.4. The number of hydrogen-bond donors (Lipinski definition) is 2. The summed E-state index contributed by atoms with van der Waals surface area (Å²) in [5.74, 6) is 0. The Hall–Kier alpha value is -2.84. The van der Waals surface area contributed by atoms with E-state index >= 15 is 0 Å². The second kappa shape index (κ2) is 8.60. The van der Waals surface area contributed by atoms with Gasteiger partial charge in [0.05, 0.1) is 27.4 Å². The number of benzene rings is 2. The van der Waals surface area contributed by atoms with E-state index in [0.29, 0.717) is 0 Å². The molecule has 10 nitrogen and oxygen atoms in total. The monoisotopic (exact) mass is 490 g/mol. The van der Waals surface area contributed by atoms with E-state index in [1.807, 2.05) is 13.8 Å². The van der Waals surface area contributed by atoms with Crippen LogP contribution >= 0.6 is 0 Å². The molecule has 0 saturated heterocycles. The van der Waals surface area contributed by atoms with Gasteiger partial charge >= 0.3 is 0 Å². The summed E-state index contributed by atoms with van der Waals surface area (Å²) < 4.78 is 58.4. The van der Waals surface area contributed by atoms with Crippen LogP contribution in [0, 0.1) is 13.8 Å². The molecule has 0 aliphatic rings. The molecule has 32 heavy (non-hydrogen) atoms. The van der Waals surface area contributed by atoms with E-state index < -0.39 is 31.3 Å². The van der Waals surface area contributed by atoms with E-state index in [-0.39, 0.29) is 26.0 Å². The molecule has 0 amide bonds. The lowest BCUT2D eigenvalue weighted by molar-refractivity contribution is 0.594. The largest absolute Gasteiger partial charge is 0.338 e. The van der Waals surface area contributed by atoms with Gasteiger partial charge in [-0.3, -0.25) is 4.13 Å². The first-order valence-electron chi connectivity index (χ1n) is 9.18. The highest BCUT2D eigenvalue weighted by Gasteiger charge is 2.31. The highest BCUT2D eigenvalue weighted by atomic mass is 32.3. The minimum absolute atomic E-state index is 0.0292. The van der Waals surface area contributed by atoms with E-state index in [1.54, 1.807) is 24.3 Å². The number of aromatic amines is 1. The third-order valence-corrected chi connectivity index (χ3v) is 9.71. The fourth-order valence-electron chi connectivity index (χ4n) is 2.70. The molecule has 2 heterocycles. The topological polar surface area (TPSA) is 149 Å². The summed E-state index contributed by atoms with van der Waals surface area (Å²) in [5.41, 5.74) is 2.29. The molecule has 0 aliphatic heterocycles. The quantitative estimate of drug-likeness (QED) is 0.299. The van der Waals surface area contributed by atoms with Crippen LogP contribution in [-0.4, -0.2) is 36.8 Å². The van der Waals surface area contributed by atoms with Crippen molar-refractivity contribution in [3.63, 3.8) is 0 Å². The average Bonchev–Trinajstić information content (AvgIpc) is 3.22. The molecule has 0 radical (unpaired) electrons. The Bertz CT molecular complexity index is 1390. The molecule has 0 spiro atoms. The van der Waals surface area contributed by atoms with Crippen LogP contribution in [0.25, 0.3) is 15.3 Å². The Balaban J connectivity index is 1.77. The molecule has 13 heteroatoms. The molecule has 0 bridgehead atoms. The zero-order valence-corrected chi connectivity index (χ0v) is 19.4. The number of H-pyrrole nitrogens is 1. The van der Waals surface area contributed by atoms with Crippen molar-refractivity contribution in [1.29, 1.82) is 0 Å². The minimum atomic E-state index is -4.22. The molecular weight excluding hydrogens is 472 g/mol. The maximum Gasteiger partial charge on any atom is 0.285 e. The van der Waals surface area contributed by atoms with Crippen molar-refractivity contribution in [2.45, 2.75) is 28.7 Å². The van der Waals surface area contributed by atoms with Gasteiger partial charge in [-0.2, -0.15) is 4.98 Å². The van der Waals surface area contributed by atoms with E-state index in [1.165, 1.54) is 36.9 Å². The van der Waals surface area contributed by atoms with Crippen molar-refractivity contribution < 1.29 is 16.8 Å². The highest BCUT2D eigenvalue weighted by Crippen LogP contribution is 2.29. The number of nitrogens with zero attached hydrogens (tertiary/aromatic N) is 4. The predicted molar refractivity (Wildman–Crippen MR) is 121 cm³/mol. The summed E-state index contributed by atoms with van der Waals surface area (Å²) in [6.45, 7) is 3.65. The van der Waals surface area contributed by atoms with Crippen molar-refractivity contribution in [2.75, 3.05) is 0 Å². The van der Waals surface area contributed by atoms with Crippen LogP contribution in [-0.2, 0) is 31.3 Å². The van der Waals surface area contributed by atoms with Gasteiger partial charge in [0.25, 0.3) is 15.0 Å². The van der Waals surface area contributed by atoms with Gasteiger partial charge in [0.1, 0.15) is 16.4 Å². The molecule has 0 saturated carbocycles. The predicted octanol–water partition coefficient (Wildman–Crippen LogP) is 2.52. The first-order valence-corrected chi connectivity index (χ1v) is 13.3. The number of hydrogen-bond acceptors (Lipinski definition) is 7. The van der Waals surface area contributed by atoms with Gasteiger partial charge < -0.3 is 4.98 Å². The number of nitrogens with one attached hydrogen (secondary N) is 2. The van der Waals surface area contributed by atoms with Crippen LogP contribution < -0.4 is 4.13 Å². The SMILES string of the molecule is Cc1ccc(S(=O)(=O)[N-][S+](NS(=O)(=O)c2ccc(C)cc2)c2ncnc3nc[nH]c23)cc1. The van der Waals surface area contributed by atoms with Crippen LogP contribution in [0.5, 0.6) is 0 Å². The van der Waals surface area contributed by atoms with E-state index in [0.717, 1.165) is 11.1 Å². The first-order chi connectivity index (χ1) is 15.2. The van der Waals surface area contributed by atoms with Gasteiger partial charge in [-0.15, -0.1) is 0 Å². The van der Waals surface area contributed by atoms with E-state index in [4.69, 9.17) is 0 Å². The van der Waals surface area contributed by atoms with Gasteiger partial charge in [0.15, 0.2) is 11.2 Å². The summed E-state index contributed by atoms with van der Waals surface area (Å²) >= 11 is -1.91. The molecule has 1 unspecified atom stereocenters. The van der Waals surface area contributed by atoms with Crippen molar-refractivity contribution in [2.24, 2.45) is 0 Å². The lowest BCUT2D eigenvalue weighted by atomic mass is 10.2. The second-order valence-electron chi connectivity index (χ2n) is 6.83. The fourth-order valence-corrected chi connectivity index (χ4v) is 7.50. The van der Waals surface area contributed by atoms with E-state index in [9.17, 15) is 16.8 Å². The summed E-state index contributed by atoms with van der Waals surface area (Å²) in [6.07, 6.45) is 2.53. The van der Waals surface area contributed by atoms with Crippen molar-refractivity contribution in [3.05, 3.63) is 76.4 Å². The molecule has 2 aromatic carbocycles. The molecule has 0 aliphatic carbocycles. The lowest BCUT2D eigenvalue weighted by Gasteiger charge is -2.20. The average molecular weight is 491 g/mol. The molecule has 2 N–H and O–H groups in total. The third-order valence-electron chi connectivity index (χ3n) is 4.38. The second-order valence-corrected chi connectivity index (χ2v) is 11.9. The molecular formula is C19H18N6O4S3. The summed E-state index contributed by atoms with van der Waals surface area (Å²) in [6, 6.07) is 12.2. The Kier molecular flexibility index (Phi) is 6.01. The fraction of sp³-hybridized carbons (Fsp3) is 0.105. The Labute approximate surface area is 188 Å². The van der Waals surface area contributed by atoms with Crippen molar-refractivity contribution in [3.8, 4) is 0 Å². The van der Waals surface area contributed by atoms with Crippen LogP contribution in [0.1, 0.15) is 11.1 Å². The number of aryl methyl sites for hydroxylation is 2. The minimum Gasteiger partial charge on any atom is -0.338 e. The van der Waals surface area contributed by atoms with Crippen molar-refractivity contribution in [1.82, 2.24) is 24.1 Å². The smallest absolute Gasteiger partial charge is 0.285 e. The zero-order valence-electron chi connectivity index (χ0n) is 16.9. The number of fused-ring (bicyclic) bond motifs is 1. The standard InChI is InChI=1S/C19H18N6O4S3/c1-13-3-7-15(8-4-13)31(26,27)24-30(19-17-18(21-11-20-17)22-12-23-19)25-32(28,29)16-9-5-14(2)6-10-16/h3-12H,1-2H3,(H,24,25)(H,20,21,22,23). The van der Waals surface area contributed by atoms with Gasteiger partial charge in [0.2, 0.25) is 0 Å². The highest BCUT2D eigenvalue weighted by molar-refractivity contribution is 8.18. The lowest BCUT2D eigenvalue weighted by Crippen LogP contribution is -2.32. The normalized spacial score (nSPS) is 13.3. The molecule has 0 fully saturated rings. The van der Waals surface area contributed by atoms with Crippen LogP contribution in [0.15, 0.2) is 76.0 Å². The third kappa shape index (κ3) is 4.66. The van der Waals surface area contributed by atoms with Crippen molar-refractivity contribution >= 4 is 42.5 Å². The van der Waals surface area contributed by atoms with Crippen LogP contribution in [0.3, 0.4) is 0 Å². The Morgan fingerprint density at radius 3 is 2.06 bits per heavy atom. The van der Waals surface area contributed by atoms with Gasteiger partial charge in [-0.05, 0) is 42.2 Å². The molecule has 4 aromatic rings. The van der Waals surface area contributed by atoms with Crippen LogP contribution in [0.4, 0.5) is 0 Å². The van der Waals surface area contributed by atoms with Gasteiger partial charge in [-0.1, -0.05) is 35.4 Å².